The molecule has 0 aliphatic carbocycles. The monoisotopic (exact) mass is 630 g/mol. The molecule has 1 N–H and O–H groups in total. The number of Topliss-reactive ketones (excluding diaryl/α,β-unsaturated/α-hetero) is 1. The molecule has 6 rings (SSSR count). The van der Waals surface area contributed by atoms with E-state index in [1.165, 1.54) is 41.3 Å². The minimum Gasteiger partial charge on any atom is -0.478 e. The molecule has 1 aromatic heterocycles. The Balaban J connectivity index is 1.34. The number of ketones is 1. The largest absolute Gasteiger partial charge is 0.478 e. The summed E-state index contributed by atoms with van der Waals surface area (Å²) in [5.74, 6) is -2.31. The number of amides is 1. The molecule has 1 saturated heterocycles. The van der Waals surface area contributed by atoms with Crippen LogP contribution in [0, 0.1) is 5.82 Å². The summed E-state index contributed by atoms with van der Waals surface area (Å²) in [6, 6.07) is 15.7. The van der Waals surface area contributed by atoms with E-state index in [9.17, 15) is 23.9 Å². The summed E-state index contributed by atoms with van der Waals surface area (Å²) in [7, 11) is 1.73. The lowest BCUT2D eigenvalue weighted by atomic mass is 9.86. The Morgan fingerprint density at radius 2 is 1.69 bits per heavy atom. The molecule has 0 unspecified atom stereocenters. The fourth-order valence-electron chi connectivity index (χ4n) is 6.31. The Morgan fingerprint density at radius 3 is 2.40 bits per heavy atom. The highest BCUT2D eigenvalue weighted by Crippen LogP contribution is 2.38. The van der Waals surface area contributed by atoms with Crippen molar-refractivity contribution in [1.29, 1.82) is 0 Å². The zero-order valence-electron chi connectivity index (χ0n) is 24.7. The predicted octanol–water partition coefficient (Wildman–Crippen LogP) is 5.53. The lowest BCUT2D eigenvalue weighted by Gasteiger charge is -2.40. The molecule has 4 aromatic rings. The number of piperidine rings is 1. The van der Waals surface area contributed by atoms with Crippen LogP contribution in [-0.4, -0.2) is 70.3 Å². The molecule has 45 heavy (non-hydrogen) atoms. The van der Waals surface area contributed by atoms with E-state index < -0.39 is 23.7 Å². The van der Waals surface area contributed by atoms with Crippen molar-refractivity contribution in [1.82, 2.24) is 14.7 Å². The van der Waals surface area contributed by atoms with Gasteiger partial charge in [-0.25, -0.2) is 13.9 Å². The van der Waals surface area contributed by atoms with E-state index >= 15 is 0 Å². The number of carboxylic acids is 1. The van der Waals surface area contributed by atoms with Gasteiger partial charge in [-0.2, -0.15) is 5.10 Å². The number of carboxylic acid groups (broad SMARTS) is 1. The first-order valence-corrected chi connectivity index (χ1v) is 15.2. The number of aromatic nitrogens is 2. The molecule has 9 nitrogen and oxygen atoms in total. The number of nitrogens with zero attached hydrogens (tertiary/aromatic N) is 4. The van der Waals surface area contributed by atoms with Crippen LogP contribution in [0.1, 0.15) is 56.3 Å². The van der Waals surface area contributed by atoms with E-state index in [2.05, 4.69) is 16.1 Å². The summed E-state index contributed by atoms with van der Waals surface area (Å²) in [6.45, 7) is 1.94. The number of carbonyl (C=O) groups is 3. The fourth-order valence-corrected chi connectivity index (χ4v) is 6.48. The van der Waals surface area contributed by atoms with E-state index in [1.807, 2.05) is 12.1 Å². The Kier molecular flexibility index (Phi) is 8.69. The summed E-state index contributed by atoms with van der Waals surface area (Å²) in [6.07, 6.45) is 5.38. The van der Waals surface area contributed by atoms with E-state index in [4.69, 9.17) is 16.3 Å². The number of rotatable bonds is 8. The number of halogens is 2. The minimum atomic E-state index is -1.05. The van der Waals surface area contributed by atoms with Crippen molar-refractivity contribution in [2.75, 3.05) is 31.6 Å². The van der Waals surface area contributed by atoms with Gasteiger partial charge in [-0.15, -0.1) is 0 Å². The Morgan fingerprint density at radius 1 is 0.978 bits per heavy atom. The highest BCUT2D eigenvalue weighted by Gasteiger charge is 2.38. The van der Waals surface area contributed by atoms with Gasteiger partial charge in [-0.3, -0.25) is 9.59 Å². The summed E-state index contributed by atoms with van der Waals surface area (Å²) in [5.41, 5.74) is 3.94. The molecule has 1 amide bonds. The van der Waals surface area contributed by atoms with Crippen LogP contribution >= 0.6 is 11.6 Å². The number of benzene rings is 3. The number of hydrogen-bond donors (Lipinski definition) is 1. The molecule has 0 spiro atoms. The minimum absolute atomic E-state index is 0.00420. The van der Waals surface area contributed by atoms with Crippen molar-refractivity contribution in [3.05, 3.63) is 112 Å². The SMILES string of the molecule is COC1CCN(c2cccc3c2CCN(C(=O)c2cnn(-c4cccc(Cl)c4F)c2)[C@H]3C(=O)Cc2ccc(C(=O)O)cc2)CC1. The first kappa shape index (κ1) is 30.5. The van der Waals surface area contributed by atoms with Gasteiger partial charge in [0.05, 0.1) is 28.5 Å². The maximum absolute atomic E-state index is 14.7. The van der Waals surface area contributed by atoms with Crippen molar-refractivity contribution in [3.8, 4) is 5.69 Å². The lowest BCUT2D eigenvalue weighted by molar-refractivity contribution is -0.123. The third-order valence-electron chi connectivity index (χ3n) is 8.67. The van der Waals surface area contributed by atoms with Gasteiger partial charge in [-0.1, -0.05) is 41.9 Å². The molecule has 0 bridgehead atoms. The van der Waals surface area contributed by atoms with Gasteiger partial charge in [0.2, 0.25) is 0 Å². The topological polar surface area (TPSA) is 105 Å². The average molecular weight is 631 g/mol. The third kappa shape index (κ3) is 6.08. The van der Waals surface area contributed by atoms with E-state index in [0.29, 0.717) is 18.5 Å². The summed E-state index contributed by atoms with van der Waals surface area (Å²) >= 11 is 5.96. The fraction of sp³-hybridized carbons (Fsp3) is 0.294. The highest BCUT2D eigenvalue weighted by atomic mass is 35.5. The molecule has 1 atom stereocenters. The molecular formula is C34H32ClFN4O5. The van der Waals surface area contributed by atoms with Gasteiger partial charge in [0, 0.05) is 45.0 Å². The second kappa shape index (κ2) is 12.8. The molecule has 232 valence electrons. The average Bonchev–Trinajstić information content (AvgIpc) is 3.55. The van der Waals surface area contributed by atoms with Crippen molar-refractivity contribution in [2.24, 2.45) is 0 Å². The summed E-state index contributed by atoms with van der Waals surface area (Å²) < 4.78 is 21.5. The van der Waals surface area contributed by atoms with Crippen molar-refractivity contribution < 1.29 is 28.6 Å². The van der Waals surface area contributed by atoms with Gasteiger partial charge in [-0.05, 0) is 66.3 Å². The molecular weight excluding hydrogens is 599 g/mol. The van der Waals surface area contributed by atoms with Crippen molar-refractivity contribution in [3.63, 3.8) is 0 Å². The number of carbonyl (C=O) groups excluding carboxylic acids is 2. The number of fused-ring (bicyclic) bond motifs is 1. The molecule has 3 heterocycles. The van der Waals surface area contributed by atoms with Crippen LogP contribution in [0.2, 0.25) is 5.02 Å². The first-order chi connectivity index (χ1) is 21.7. The van der Waals surface area contributed by atoms with Crippen LogP contribution in [-0.2, 0) is 22.4 Å². The summed E-state index contributed by atoms with van der Waals surface area (Å²) in [5, 5.41) is 13.4. The van der Waals surface area contributed by atoms with Gasteiger partial charge in [0.15, 0.2) is 11.6 Å². The Labute approximate surface area is 264 Å². The maximum atomic E-state index is 14.7. The zero-order valence-corrected chi connectivity index (χ0v) is 25.4. The number of aromatic carboxylic acids is 1. The second-order valence-electron chi connectivity index (χ2n) is 11.3. The van der Waals surface area contributed by atoms with Crippen LogP contribution in [0.15, 0.2) is 73.1 Å². The number of anilines is 1. The van der Waals surface area contributed by atoms with Crippen LogP contribution in [0.5, 0.6) is 0 Å². The summed E-state index contributed by atoms with van der Waals surface area (Å²) in [4.78, 5) is 43.4. The molecule has 3 aromatic carbocycles. The second-order valence-corrected chi connectivity index (χ2v) is 11.7. The van der Waals surface area contributed by atoms with Gasteiger partial charge >= 0.3 is 5.97 Å². The predicted molar refractivity (Wildman–Crippen MR) is 167 cm³/mol. The lowest BCUT2D eigenvalue weighted by Crippen LogP contribution is -2.45. The van der Waals surface area contributed by atoms with Crippen LogP contribution in [0.4, 0.5) is 10.1 Å². The first-order valence-electron chi connectivity index (χ1n) is 14.8. The van der Waals surface area contributed by atoms with Gasteiger partial charge < -0.3 is 19.6 Å². The molecule has 0 radical (unpaired) electrons. The number of methoxy groups -OCH3 is 1. The molecule has 11 heteroatoms. The van der Waals surface area contributed by atoms with Gasteiger partial charge in [0.1, 0.15) is 11.7 Å². The van der Waals surface area contributed by atoms with E-state index in [0.717, 1.165) is 42.7 Å². The standard InChI is InChI=1S/C34H32ClFN4O5/c1-45-24-12-15-38(16-13-24)28-6-2-4-26-25(28)14-17-39(32(26)30(41)18-21-8-10-22(11-9-21)34(43)44)33(42)23-19-37-40(20-23)29-7-3-5-27(35)31(29)36/h2-11,19-20,24,32H,12-18H2,1H3,(H,43,44)/t32-/m1/s1. The molecule has 1 fully saturated rings. The number of ether oxygens (including phenoxy) is 1. The van der Waals surface area contributed by atoms with Gasteiger partial charge in [0.25, 0.3) is 5.91 Å². The zero-order chi connectivity index (χ0) is 31.7. The third-order valence-corrected chi connectivity index (χ3v) is 8.96. The quantitative estimate of drug-likeness (QED) is 0.273. The molecule has 2 aliphatic heterocycles. The van der Waals surface area contributed by atoms with Crippen molar-refractivity contribution >= 4 is 34.9 Å². The Bertz CT molecular complexity index is 1750. The van der Waals surface area contributed by atoms with Crippen LogP contribution < -0.4 is 4.90 Å². The smallest absolute Gasteiger partial charge is 0.335 e. The van der Waals surface area contributed by atoms with Crippen molar-refractivity contribution in [2.45, 2.75) is 37.8 Å². The van der Waals surface area contributed by atoms with Crippen LogP contribution in [0.3, 0.4) is 0 Å². The molecule has 2 aliphatic rings. The van der Waals surface area contributed by atoms with E-state index in [1.54, 1.807) is 30.2 Å². The van der Waals surface area contributed by atoms with Crippen LogP contribution in [0.25, 0.3) is 5.69 Å². The maximum Gasteiger partial charge on any atom is 0.335 e. The highest BCUT2D eigenvalue weighted by molar-refractivity contribution is 6.30. The normalized spacial score (nSPS) is 16.8. The molecule has 0 saturated carbocycles. The number of hydrogen-bond acceptors (Lipinski definition) is 6. The Hall–Kier alpha value is -4.54. The van der Waals surface area contributed by atoms with E-state index in [-0.39, 0.29) is 40.1 Å².